The fraction of sp³-hybridized carbons (Fsp3) is 0.474. The number of aliphatic hydroxyl groups is 1. The van der Waals surface area contributed by atoms with Crippen LogP contribution in [0.25, 0.3) is 5.57 Å². The van der Waals surface area contributed by atoms with E-state index < -0.39 is 11.2 Å². The van der Waals surface area contributed by atoms with Gasteiger partial charge in [0.1, 0.15) is 11.4 Å². The summed E-state index contributed by atoms with van der Waals surface area (Å²) in [4.78, 5) is 20.8. The number of fused-ring (bicyclic) bond motifs is 1. The molecule has 0 saturated heterocycles. The molecule has 29 heavy (non-hydrogen) atoms. The van der Waals surface area contributed by atoms with Gasteiger partial charge in [0.15, 0.2) is 11.6 Å². The van der Waals surface area contributed by atoms with Crippen LogP contribution in [-0.4, -0.2) is 60.6 Å². The molecular weight excluding hydrogens is 412 g/mol. The Morgan fingerprint density at radius 1 is 1.28 bits per heavy atom. The Morgan fingerprint density at radius 3 is 2.76 bits per heavy atom. The predicted octanol–water partition coefficient (Wildman–Crippen LogP) is 1.81. The number of aliphatic hydroxyl groups excluding tert-OH is 1. The first-order valence-corrected chi connectivity index (χ1v) is 11.4. The van der Waals surface area contributed by atoms with Crippen molar-refractivity contribution in [1.82, 2.24) is 19.9 Å². The predicted molar refractivity (Wildman–Crippen MR) is 112 cm³/mol. The number of nitrogens with one attached hydrogen (secondary N) is 1. The number of hydrogen-bond acceptors (Lipinski definition) is 8. The maximum Gasteiger partial charge on any atom is 0.228 e. The van der Waals surface area contributed by atoms with E-state index in [-0.39, 0.29) is 12.1 Å². The van der Waals surface area contributed by atoms with Gasteiger partial charge in [0.05, 0.1) is 17.2 Å². The van der Waals surface area contributed by atoms with E-state index >= 15 is 0 Å². The van der Waals surface area contributed by atoms with E-state index in [1.54, 1.807) is 12.4 Å². The molecule has 1 atom stereocenters. The van der Waals surface area contributed by atoms with E-state index in [9.17, 15) is 9.66 Å². The van der Waals surface area contributed by atoms with Crippen LogP contribution in [0.5, 0.6) is 0 Å². The van der Waals surface area contributed by atoms with Gasteiger partial charge in [0, 0.05) is 37.5 Å². The lowest BCUT2D eigenvalue weighted by molar-refractivity contribution is 0.143. The largest absolute Gasteiger partial charge is 0.611 e. The first kappa shape index (κ1) is 19.0. The summed E-state index contributed by atoms with van der Waals surface area (Å²) in [6.45, 7) is 1.28. The minimum absolute atomic E-state index is 0.0388. The second kappa shape index (κ2) is 7.39. The third-order valence-electron chi connectivity index (χ3n) is 5.78. The van der Waals surface area contributed by atoms with Crippen LogP contribution < -0.4 is 10.2 Å². The van der Waals surface area contributed by atoms with Crippen molar-refractivity contribution in [1.29, 1.82) is 0 Å². The molecular formula is C19H21ClN6O2S. The lowest BCUT2D eigenvalue weighted by Crippen LogP contribution is -2.48. The molecule has 2 aromatic rings. The van der Waals surface area contributed by atoms with Crippen molar-refractivity contribution in [2.45, 2.75) is 36.1 Å². The molecule has 2 aromatic heterocycles. The zero-order chi connectivity index (χ0) is 20.0. The van der Waals surface area contributed by atoms with E-state index in [2.05, 4.69) is 21.4 Å². The maximum absolute atomic E-state index is 12.5. The smallest absolute Gasteiger partial charge is 0.228 e. The van der Waals surface area contributed by atoms with Crippen molar-refractivity contribution in [2.75, 3.05) is 35.7 Å². The number of rotatable bonds is 5. The van der Waals surface area contributed by atoms with Crippen molar-refractivity contribution in [3.05, 3.63) is 35.0 Å². The number of hydrogen-bond donors (Lipinski definition) is 2. The quantitative estimate of drug-likeness (QED) is 0.688. The summed E-state index contributed by atoms with van der Waals surface area (Å²) in [5.41, 5.74) is 1.46. The zero-order valence-electron chi connectivity index (χ0n) is 15.8. The highest BCUT2D eigenvalue weighted by Gasteiger charge is 2.41. The van der Waals surface area contributed by atoms with Gasteiger partial charge in [-0.05, 0) is 30.4 Å². The van der Waals surface area contributed by atoms with E-state index in [0.29, 0.717) is 52.8 Å². The molecule has 0 aromatic carbocycles. The summed E-state index contributed by atoms with van der Waals surface area (Å²) in [5.74, 6) is 2.41. The molecule has 1 aliphatic carbocycles. The minimum atomic E-state index is -1.11. The van der Waals surface area contributed by atoms with E-state index in [1.165, 1.54) is 0 Å². The molecule has 0 amide bonds. The number of nitrogens with zero attached hydrogens (tertiary/aromatic N) is 5. The minimum Gasteiger partial charge on any atom is -0.611 e. The summed E-state index contributed by atoms with van der Waals surface area (Å²) in [7, 11) is 0. The Hall–Kier alpha value is -1.94. The molecule has 8 nitrogen and oxygen atoms in total. The second-order valence-electron chi connectivity index (χ2n) is 7.70. The highest BCUT2D eigenvalue weighted by molar-refractivity contribution is 7.91. The molecule has 10 heteroatoms. The molecule has 2 aliphatic heterocycles. The highest BCUT2D eigenvalue weighted by Crippen LogP contribution is 2.39. The highest BCUT2D eigenvalue weighted by atomic mass is 35.5. The summed E-state index contributed by atoms with van der Waals surface area (Å²) < 4.78 is 12.5. The van der Waals surface area contributed by atoms with E-state index in [4.69, 9.17) is 21.6 Å². The van der Waals surface area contributed by atoms with Gasteiger partial charge in [-0.3, -0.25) is 0 Å². The van der Waals surface area contributed by atoms with Crippen LogP contribution in [0.15, 0.2) is 23.4 Å². The Kier molecular flexibility index (Phi) is 4.85. The molecule has 4 heterocycles. The van der Waals surface area contributed by atoms with Crippen molar-refractivity contribution in [3.63, 3.8) is 0 Å². The summed E-state index contributed by atoms with van der Waals surface area (Å²) >= 11 is 4.78. The van der Waals surface area contributed by atoms with Gasteiger partial charge in [-0.15, -0.1) is 0 Å². The molecule has 1 saturated carbocycles. The Labute approximate surface area is 176 Å². The fourth-order valence-electron chi connectivity index (χ4n) is 3.94. The van der Waals surface area contributed by atoms with Gasteiger partial charge < -0.3 is 19.9 Å². The van der Waals surface area contributed by atoms with Crippen LogP contribution in [0, 0.1) is 0 Å². The molecule has 0 spiro atoms. The summed E-state index contributed by atoms with van der Waals surface area (Å²) in [5, 5.41) is 13.8. The zero-order valence-corrected chi connectivity index (χ0v) is 17.3. The van der Waals surface area contributed by atoms with E-state index in [1.807, 2.05) is 4.90 Å². The molecule has 0 radical (unpaired) electrons. The van der Waals surface area contributed by atoms with Crippen LogP contribution in [-0.2, 0) is 17.6 Å². The standard InChI is InChI=1S/C19H21ClN6O2S/c20-13-8-21-16(22-9-13)12-2-6-26(10-12)18-23-14-3-7-29(28)15(14)17(24-18)25-19(11-27)4-1-5-19/h2,8-9,27H,1,3-7,10-11H2,(H,23,24,25)/t29-/m1/s1. The third kappa shape index (κ3) is 3.46. The van der Waals surface area contributed by atoms with E-state index in [0.717, 1.165) is 30.5 Å². The molecule has 0 bridgehead atoms. The lowest BCUT2D eigenvalue weighted by atomic mass is 9.77. The van der Waals surface area contributed by atoms with Crippen molar-refractivity contribution in [2.24, 2.45) is 0 Å². The van der Waals surface area contributed by atoms with Gasteiger partial charge in [0.2, 0.25) is 10.8 Å². The topological polar surface area (TPSA) is 110 Å². The average Bonchev–Trinajstić information content (AvgIpc) is 3.33. The van der Waals surface area contributed by atoms with Gasteiger partial charge >= 0.3 is 0 Å². The Morgan fingerprint density at radius 2 is 2.07 bits per heavy atom. The first-order valence-electron chi connectivity index (χ1n) is 9.67. The van der Waals surface area contributed by atoms with Crippen molar-refractivity contribution >= 4 is 40.1 Å². The van der Waals surface area contributed by atoms with Crippen LogP contribution in [0.2, 0.25) is 5.02 Å². The Bertz CT molecular complexity index is 960. The van der Waals surface area contributed by atoms with Gasteiger partial charge in [-0.25, -0.2) is 15.0 Å². The number of aromatic nitrogens is 4. The molecule has 0 unspecified atom stereocenters. The van der Waals surface area contributed by atoms with Crippen molar-refractivity contribution < 1.29 is 9.66 Å². The van der Waals surface area contributed by atoms with Crippen LogP contribution >= 0.6 is 11.6 Å². The summed E-state index contributed by atoms with van der Waals surface area (Å²) in [6.07, 6.45) is 8.74. The van der Waals surface area contributed by atoms with Crippen molar-refractivity contribution in [3.8, 4) is 0 Å². The van der Waals surface area contributed by atoms with Crippen LogP contribution in [0.4, 0.5) is 11.8 Å². The molecule has 1 fully saturated rings. The number of aryl methyl sites for hydroxylation is 1. The lowest BCUT2D eigenvalue weighted by Gasteiger charge is -2.41. The third-order valence-corrected chi connectivity index (χ3v) is 7.44. The Balaban J connectivity index is 1.42. The van der Waals surface area contributed by atoms with Gasteiger partial charge in [-0.1, -0.05) is 17.7 Å². The SMILES string of the molecule is [O-][S@+]1CCc2nc(N3CC=C(c4ncc(Cl)cn4)C3)nc(NC3(CO)CCC3)c21. The second-order valence-corrected chi connectivity index (χ2v) is 9.64. The number of anilines is 2. The molecule has 2 N–H and O–H groups in total. The van der Waals surface area contributed by atoms with Crippen LogP contribution in [0.3, 0.4) is 0 Å². The molecule has 3 aliphatic rings. The number of halogens is 1. The van der Waals surface area contributed by atoms with Crippen LogP contribution in [0.1, 0.15) is 30.8 Å². The average molecular weight is 433 g/mol. The van der Waals surface area contributed by atoms with Gasteiger partial charge in [0.25, 0.3) is 0 Å². The van der Waals surface area contributed by atoms with Gasteiger partial charge in [-0.2, -0.15) is 4.98 Å². The maximum atomic E-state index is 12.5. The fourth-order valence-corrected chi connectivity index (χ4v) is 5.34. The molecule has 5 rings (SSSR count). The first-order chi connectivity index (χ1) is 14.1. The normalized spacial score (nSPS) is 22.2. The summed E-state index contributed by atoms with van der Waals surface area (Å²) in [6, 6.07) is 0. The monoisotopic (exact) mass is 432 g/mol. The molecule has 152 valence electrons.